The van der Waals surface area contributed by atoms with Crippen LogP contribution in [0.1, 0.15) is 78.9 Å². The fourth-order valence-corrected chi connectivity index (χ4v) is 5.95. The second kappa shape index (κ2) is 17.1. The highest BCUT2D eigenvalue weighted by Gasteiger charge is 2.33. The van der Waals surface area contributed by atoms with E-state index in [1.807, 2.05) is 66.7 Å². The minimum Gasteiger partial charge on any atom is -0.392 e. The molecule has 0 radical (unpaired) electrons. The van der Waals surface area contributed by atoms with E-state index in [9.17, 15) is 14.7 Å². The van der Waals surface area contributed by atoms with E-state index in [1.165, 1.54) is 5.56 Å². The smallest absolute Gasteiger partial charge is 0.243 e. The summed E-state index contributed by atoms with van der Waals surface area (Å²) in [7, 11) is 2.13. The molecule has 4 aromatic carbocycles. The van der Waals surface area contributed by atoms with Crippen molar-refractivity contribution in [2.75, 3.05) is 13.6 Å². The molecule has 252 valence electrons. The van der Waals surface area contributed by atoms with E-state index in [0.717, 1.165) is 39.9 Å². The van der Waals surface area contributed by atoms with E-state index in [1.54, 1.807) is 5.48 Å². The molecule has 4 unspecified atom stereocenters. The van der Waals surface area contributed by atoms with Gasteiger partial charge in [-0.25, -0.2) is 5.48 Å². The van der Waals surface area contributed by atoms with Crippen LogP contribution in [0.15, 0.2) is 103 Å². The van der Waals surface area contributed by atoms with Crippen LogP contribution < -0.4 is 10.8 Å². The zero-order valence-corrected chi connectivity index (χ0v) is 27.5. The second-order valence-corrected chi connectivity index (χ2v) is 12.4. The summed E-state index contributed by atoms with van der Waals surface area (Å²) < 4.78 is 13.2. The number of aliphatic hydroxyl groups excluding tert-OH is 1. The fourth-order valence-electron chi connectivity index (χ4n) is 5.95. The van der Waals surface area contributed by atoms with Crippen molar-refractivity contribution >= 4 is 11.8 Å². The summed E-state index contributed by atoms with van der Waals surface area (Å²) in [5, 5.41) is 21.0. The van der Waals surface area contributed by atoms with E-state index in [4.69, 9.17) is 14.7 Å². The molecule has 4 atom stereocenters. The normalized spacial score (nSPS) is 18.3. The second-order valence-electron chi connectivity index (χ2n) is 12.4. The van der Waals surface area contributed by atoms with E-state index in [2.05, 4.69) is 60.6 Å². The molecule has 4 N–H and O–H groups in total. The van der Waals surface area contributed by atoms with Crippen LogP contribution in [0.25, 0.3) is 11.1 Å². The fraction of sp³-hybridized carbons (Fsp3) is 0.333. The Bertz CT molecular complexity index is 1610. The van der Waals surface area contributed by atoms with Gasteiger partial charge in [-0.2, -0.15) is 0 Å². The first-order chi connectivity index (χ1) is 23.3. The summed E-state index contributed by atoms with van der Waals surface area (Å²) in [6, 6.07) is 34.8. The maximum atomic E-state index is 12.2. The van der Waals surface area contributed by atoms with Crippen molar-refractivity contribution in [3.8, 4) is 11.1 Å². The number of benzene rings is 4. The Morgan fingerprint density at radius 1 is 0.833 bits per heavy atom. The number of nitrogens with zero attached hydrogens (tertiary/aromatic N) is 1. The van der Waals surface area contributed by atoms with Gasteiger partial charge in [0.15, 0.2) is 6.29 Å². The number of rotatable bonds is 14. The quantitative estimate of drug-likeness (QED) is 0.0923. The molecular weight excluding hydrogens is 606 g/mol. The number of hydroxylamine groups is 1. The Hall–Kier alpha value is -4.38. The van der Waals surface area contributed by atoms with Gasteiger partial charge >= 0.3 is 0 Å². The lowest BCUT2D eigenvalue weighted by Gasteiger charge is -2.39. The molecule has 48 heavy (non-hydrogen) atoms. The molecule has 9 heteroatoms. The zero-order chi connectivity index (χ0) is 33.9. The third-order valence-corrected chi connectivity index (χ3v) is 8.91. The standard InChI is InChI=1S/C39H45N3O6/c1-27(30-9-4-3-5-10-30)42(2)25-35-23-36(32-16-14-28(26-43)15-17-32)48-39(47-35)33-20-18-31(19-21-33)34-11-6-8-29(22-34)24-40-37(44)12-7-13-38(45)41-46/h3-6,8-11,14-22,27,35-36,39,43,46H,7,12-13,23-26H2,1-2H3,(H,40,44)(H,41,45). The molecule has 2 amide bonds. The zero-order valence-electron chi connectivity index (χ0n) is 27.5. The van der Waals surface area contributed by atoms with Crippen LogP contribution in [0.4, 0.5) is 0 Å². The average molecular weight is 652 g/mol. The number of hydrogen-bond donors (Lipinski definition) is 4. The van der Waals surface area contributed by atoms with Crippen LogP contribution in [0.5, 0.6) is 0 Å². The molecule has 4 aromatic rings. The van der Waals surface area contributed by atoms with Crippen molar-refractivity contribution in [3.63, 3.8) is 0 Å². The monoisotopic (exact) mass is 651 g/mol. The van der Waals surface area contributed by atoms with Crippen LogP contribution in [0, 0.1) is 0 Å². The van der Waals surface area contributed by atoms with Gasteiger partial charge in [-0.3, -0.25) is 19.7 Å². The molecule has 9 nitrogen and oxygen atoms in total. The SMILES string of the molecule is CC(c1ccccc1)N(C)CC1CC(c2ccc(CO)cc2)OC(c2ccc(-c3cccc(CNC(=O)CCCC(=O)NO)c3)cc2)O1. The van der Waals surface area contributed by atoms with Crippen LogP contribution in [0.3, 0.4) is 0 Å². The number of likely N-dealkylation sites (N-methyl/N-ethyl adjacent to an activating group) is 1. The van der Waals surface area contributed by atoms with Gasteiger partial charge in [0.05, 0.1) is 18.8 Å². The van der Waals surface area contributed by atoms with Crippen LogP contribution in [-0.2, 0) is 32.2 Å². The van der Waals surface area contributed by atoms with E-state index < -0.39 is 12.2 Å². The summed E-state index contributed by atoms with van der Waals surface area (Å²) in [6.45, 7) is 3.32. The largest absolute Gasteiger partial charge is 0.392 e. The molecule has 5 rings (SSSR count). The molecule has 1 heterocycles. The Morgan fingerprint density at radius 3 is 2.25 bits per heavy atom. The van der Waals surface area contributed by atoms with Gasteiger partial charge in [-0.1, -0.05) is 97.1 Å². The molecule has 1 aliphatic heterocycles. The van der Waals surface area contributed by atoms with Crippen molar-refractivity contribution < 1.29 is 29.4 Å². The van der Waals surface area contributed by atoms with Gasteiger partial charge in [0.2, 0.25) is 11.8 Å². The average Bonchev–Trinajstić information content (AvgIpc) is 3.14. The summed E-state index contributed by atoms with van der Waals surface area (Å²) in [6.07, 6.45) is 0.584. The Morgan fingerprint density at radius 2 is 1.54 bits per heavy atom. The minimum atomic E-state index is -0.550. The number of ether oxygens (including phenoxy) is 2. The van der Waals surface area contributed by atoms with Crippen LogP contribution in [0.2, 0.25) is 0 Å². The summed E-state index contributed by atoms with van der Waals surface area (Å²) in [5.74, 6) is -0.651. The summed E-state index contributed by atoms with van der Waals surface area (Å²) in [4.78, 5) is 25.7. The van der Waals surface area contributed by atoms with E-state index >= 15 is 0 Å². The number of amides is 2. The highest BCUT2D eigenvalue weighted by atomic mass is 16.7. The molecule has 0 aliphatic carbocycles. The van der Waals surface area contributed by atoms with Gasteiger partial charge in [-0.05, 0) is 59.8 Å². The number of carbonyl (C=O) groups excluding carboxylic acids is 2. The van der Waals surface area contributed by atoms with Gasteiger partial charge in [0.25, 0.3) is 0 Å². The van der Waals surface area contributed by atoms with Crippen LogP contribution >= 0.6 is 0 Å². The molecule has 0 aromatic heterocycles. The van der Waals surface area contributed by atoms with Crippen molar-refractivity contribution in [1.82, 2.24) is 15.7 Å². The molecule has 1 aliphatic rings. The third kappa shape index (κ3) is 9.59. The predicted molar refractivity (Wildman–Crippen MR) is 183 cm³/mol. The molecule has 1 saturated heterocycles. The predicted octanol–water partition coefficient (Wildman–Crippen LogP) is 6.38. The maximum Gasteiger partial charge on any atom is 0.243 e. The van der Waals surface area contributed by atoms with E-state index in [-0.39, 0.29) is 43.6 Å². The van der Waals surface area contributed by atoms with Gasteiger partial charge in [0, 0.05) is 44.0 Å². The highest BCUT2D eigenvalue weighted by molar-refractivity contribution is 5.78. The van der Waals surface area contributed by atoms with Crippen molar-refractivity contribution in [3.05, 3.63) is 131 Å². The number of carbonyl (C=O) groups is 2. The van der Waals surface area contributed by atoms with Crippen molar-refractivity contribution in [1.29, 1.82) is 0 Å². The van der Waals surface area contributed by atoms with E-state index in [0.29, 0.717) is 19.4 Å². The first kappa shape index (κ1) is 34.9. The van der Waals surface area contributed by atoms with Crippen LogP contribution in [-0.4, -0.2) is 46.7 Å². The van der Waals surface area contributed by atoms with Crippen molar-refractivity contribution in [2.45, 2.75) is 70.3 Å². The number of aliphatic hydroxyl groups is 1. The molecule has 0 spiro atoms. The minimum absolute atomic E-state index is 0.000378. The Kier molecular flexibility index (Phi) is 12.5. The first-order valence-electron chi connectivity index (χ1n) is 16.5. The molecule has 0 saturated carbocycles. The number of hydrogen-bond acceptors (Lipinski definition) is 7. The third-order valence-electron chi connectivity index (χ3n) is 8.91. The topological polar surface area (TPSA) is 120 Å². The van der Waals surface area contributed by atoms with Gasteiger partial charge in [0.1, 0.15) is 0 Å². The van der Waals surface area contributed by atoms with Gasteiger partial charge < -0.3 is 19.9 Å². The highest BCUT2D eigenvalue weighted by Crippen LogP contribution is 2.39. The van der Waals surface area contributed by atoms with Crippen molar-refractivity contribution in [2.24, 2.45) is 0 Å². The number of nitrogens with one attached hydrogen (secondary N) is 2. The summed E-state index contributed by atoms with van der Waals surface area (Å²) >= 11 is 0. The Labute approximate surface area is 282 Å². The lowest BCUT2D eigenvalue weighted by atomic mass is 9.98. The summed E-state index contributed by atoms with van der Waals surface area (Å²) in [5.41, 5.74) is 8.69. The molecule has 1 fully saturated rings. The Balaban J connectivity index is 1.26. The van der Waals surface area contributed by atoms with Gasteiger partial charge in [-0.15, -0.1) is 0 Å². The maximum absolute atomic E-state index is 12.2. The first-order valence-corrected chi connectivity index (χ1v) is 16.5. The lowest BCUT2D eigenvalue weighted by Crippen LogP contribution is -2.38. The lowest BCUT2D eigenvalue weighted by molar-refractivity contribution is -0.253. The molecule has 0 bridgehead atoms. The molecular formula is C39H45N3O6.